The molecule has 6 heteroatoms. The molecule has 0 radical (unpaired) electrons. The van der Waals surface area contributed by atoms with Crippen molar-refractivity contribution >= 4 is 27.8 Å². The lowest BCUT2D eigenvalue weighted by Crippen LogP contribution is -2.42. The van der Waals surface area contributed by atoms with Gasteiger partial charge in [0.05, 0.1) is 12.5 Å². The number of piperidine rings is 1. The first-order chi connectivity index (χ1) is 11.0. The van der Waals surface area contributed by atoms with E-state index in [9.17, 15) is 14.0 Å². The second-order valence-corrected chi connectivity index (χ2v) is 6.58. The van der Waals surface area contributed by atoms with Crippen LogP contribution in [0.1, 0.15) is 31.7 Å². The third kappa shape index (κ3) is 5.03. The molecule has 1 heterocycles. The smallest absolute Gasteiger partial charge is 0.310 e. The first-order valence-electron chi connectivity index (χ1n) is 7.89. The van der Waals surface area contributed by atoms with Crippen LogP contribution in [-0.2, 0) is 20.7 Å². The summed E-state index contributed by atoms with van der Waals surface area (Å²) in [5.41, 5.74) is 0.528. The third-order valence-electron chi connectivity index (χ3n) is 4.02. The number of hydrogen-bond acceptors (Lipinski definition) is 3. The number of benzene rings is 1. The highest BCUT2D eigenvalue weighted by Crippen LogP contribution is 2.20. The topological polar surface area (TPSA) is 46.6 Å². The fourth-order valence-electron chi connectivity index (χ4n) is 2.78. The van der Waals surface area contributed by atoms with Crippen molar-refractivity contribution in [3.63, 3.8) is 0 Å². The van der Waals surface area contributed by atoms with Gasteiger partial charge < -0.3 is 9.64 Å². The second kappa shape index (κ2) is 8.43. The lowest BCUT2D eigenvalue weighted by atomic mass is 9.97. The van der Waals surface area contributed by atoms with Gasteiger partial charge in [-0.25, -0.2) is 4.39 Å². The normalized spacial score (nSPS) is 17.9. The van der Waals surface area contributed by atoms with Crippen LogP contribution in [0.3, 0.4) is 0 Å². The van der Waals surface area contributed by atoms with E-state index in [0.29, 0.717) is 36.2 Å². The molecule has 0 spiro atoms. The monoisotopic (exact) mass is 385 g/mol. The van der Waals surface area contributed by atoms with Crippen molar-refractivity contribution < 1.29 is 18.7 Å². The van der Waals surface area contributed by atoms with E-state index in [-0.39, 0.29) is 30.0 Å². The first-order valence-corrected chi connectivity index (χ1v) is 8.69. The zero-order chi connectivity index (χ0) is 16.8. The molecule has 1 aliphatic rings. The molecule has 1 aromatic carbocycles. The summed E-state index contributed by atoms with van der Waals surface area (Å²) in [6.45, 7) is 3.18. The molecular formula is C17H21BrFNO3. The van der Waals surface area contributed by atoms with Crippen LogP contribution in [0, 0.1) is 11.7 Å². The van der Waals surface area contributed by atoms with Gasteiger partial charge in [-0.15, -0.1) is 0 Å². The number of ether oxygens (including phenoxy) is 1. The van der Waals surface area contributed by atoms with Gasteiger partial charge in [0.2, 0.25) is 5.91 Å². The van der Waals surface area contributed by atoms with Crippen molar-refractivity contribution in [2.24, 2.45) is 5.92 Å². The standard InChI is InChI=1S/C17H21BrFNO3/c1-2-23-17(22)13-4-3-9-20(11-13)16(21)8-6-12-5-7-14(18)10-15(12)19/h5,7,10,13H,2-4,6,8-9,11H2,1H3. The number of esters is 1. The van der Waals surface area contributed by atoms with E-state index < -0.39 is 0 Å². The van der Waals surface area contributed by atoms with Gasteiger partial charge in [-0.05, 0) is 43.9 Å². The van der Waals surface area contributed by atoms with Crippen LogP contribution in [0.25, 0.3) is 0 Å². The van der Waals surface area contributed by atoms with Crippen molar-refractivity contribution in [2.75, 3.05) is 19.7 Å². The Kier molecular flexibility index (Phi) is 6.57. The van der Waals surface area contributed by atoms with Gasteiger partial charge in [0.1, 0.15) is 5.82 Å². The summed E-state index contributed by atoms with van der Waals surface area (Å²) in [5, 5.41) is 0. The minimum absolute atomic E-state index is 0.0404. The van der Waals surface area contributed by atoms with Crippen molar-refractivity contribution in [1.82, 2.24) is 4.90 Å². The molecule has 1 aliphatic heterocycles. The predicted octanol–water partition coefficient (Wildman–Crippen LogP) is 3.32. The summed E-state index contributed by atoms with van der Waals surface area (Å²) in [7, 11) is 0. The van der Waals surface area contributed by atoms with Crippen LogP contribution >= 0.6 is 15.9 Å². The zero-order valence-corrected chi connectivity index (χ0v) is 14.8. The zero-order valence-electron chi connectivity index (χ0n) is 13.2. The molecule has 0 bridgehead atoms. The fourth-order valence-corrected chi connectivity index (χ4v) is 3.11. The Balaban J connectivity index is 1.88. The number of carbonyl (C=O) groups excluding carboxylic acids is 2. The molecule has 4 nitrogen and oxygen atoms in total. The highest BCUT2D eigenvalue weighted by molar-refractivity contribution is 9.10. The molecule has 1 aromatic rings. The summed E-state index contributed by atoms with van der Waals surface area (Å²) in [4.78, 5) is 25.8. The van der Waals surface area contributed by atoms with Gasteiger partial charge >= 0.3 is 5.97 Å². The Hall–Kier alpha value is -1.43. The van der Waals surface area contributed by atoms with Gasteiger partial charge in [0.25, 0.3) is 0 Å². The Morgan fingerprint density at radius 1 is 1.43 bits per heavy atom. The molecule has 126 valence electrons. The van der Waals surface area contributed by atoms with E-state index in [2.05, 4.69) is 15.9 Å². The Labute approximate surface area is 144 Å². The predicted molar refractivity (Wildman–Crippen MR) is 88.4 cm³/mol. The summed E-state index contributed by atoms with van der Waals surface area (Å²) < 4.78 is 19.5. The molecule has 23 heavy (non-hydrogen) atoms. The van der Waals surface area contributed by atoms with Crippen LogP contribution in [-0.4, -0.2) is 36.5 Å². The van der Waals surface area contributed by atoms with E-state index in [1.54, 1.807) is 24.0 Å². The molecule has 1 fully saturated rings. The molecule has 0 N–H and O–H groups in total. The third-order valence-corrected chi connectivity index (χ3v) is 4.51. The minimum atomic E-state index is -0.310. The Morgan fingerprint density at radius 3 is 2.91 bits per heavy atom. The molecule has 1 atom stereocenters. The number of carbonyl (C=O) groups is 2. The fraction of sp³-hybridized carbons (Fsp3) is 0.529. The highest BCUT2D eigenvalue weighted by atomic mass is 79.9. The van der Waals surface area contributed by atoms with E-state index >= 15 is 0 Å². The largest absolute Gasteiger partial charge is 0.466 e. The Morgan fingerprint density at radius 2 is 2.22 bits per heavy atom. The second-order valence-electron chi connectivity index (χ2n) is 5.67. The SMILES string of the molecule is CCOC(=O)C1CCCN(C(=O)CCc2ccc(Br)cc2F)C1. The number of likely N-dealkylation sites (tertiary alicyclic amines) is 1. The number of hydrogen-bond donors (Lipinski definition) is 0. The van der Waals surface area contributed by atoms with Gasteiger partial charge in [-0.1, -0.05) is 22.0 Å². The number of aryl methyl sites for hydroxylation is 1. The number of halogens is 2. The molecular weight excluding hydrogens is 365 g/mol. The van der Waals surface area contributed by atoms with Crippen LogP contribution in [0.2, 0.25) is 0 Å². The van der Waals surface area contributed by atoms with Gasteiger partial charge in [0.15, 0.2) is 0 Å². The van der Waals surface area contributed by atoms with Crippen LogP contribution in [0.5, 0.6) is 0 Å². The first kappa shape index (κ1) is 17.9. The number of amides is 1. The molecule has 0 aliphatic carbocycles. The molecule has 0 aromatic heterocycles. The van der Waals surface area contributed by atoms with Gasteiger partial charge in [-0.2, -0.15) is 0 Å². The van der Waals surface area contributed by atoms with Crippen molar-refractivity contribution in [1.29, 1.82) is 0 Å². The maximum atomic E-state index is 13.8. The van der Waals surface area contributed by atoms with Gasteiger partial charge in [-0.3, -0.25) is 9.59 Å². The molecule has 2 rings (SSSR count). The van der Waals surface area contributed by atoms with Crippen LogP contribution in [0.15, 0.2) is 22.7 Å². The van der Waals surface area contributed by atoms with E-state index in [1.165, 1.54) is 6.07 Å². The van der Waals surface area contributed by atoms with Crippen molar-refractivity contribution in [3.05, 3.63) is 34.1 Å². The Bertz CT molecular complexity index is 579. The lowest BCUT2D eigenvalue weighted by molar-refractivity contribution is -0.151. The summed E-state index contributed by atoms with van der Waals surface area (Å²) in [6.07, 6.45) is 2.15. The average Bonchev–Trinajstić information content (AvgIpc) is 2.54. The van der Waals surface area contributed by atoms with E-state index in [0.717, 1.165) is 12.8 Å². The summed E-state index contributed by atoms with van der Waals surface area (Å²) >= 11 is 3.21. The van der Waals surface area contributed by atoms with Gasteiger partial charge in [0, 0.05) is 24.0 Å². The number of rotatable bonds is 5. The lowest BCUT2D eigenvalue weighted by Gasteiger charge is -2.31. The van der Waals surface area contributed by atoms with Crippen molar-refractivity contribution in [2.45, 2.75) is 32.6 Å². The summed E-state index contributed by atoms with van der Waals surface area (Å²) in [5.74, 6) is -0.822. The minimum Gasteiger partial charge on any atom is -0.466 e. The van der Waals surface area contributed by atoms with Crippen LogP contribution in [0.4, 0.5) is 4.39 Å². The number of nitrogens with zero attached hydrogens (tertiary/aromatic N) is 1. The molecule has 1 amide bonds. The molecule has 1 saturated heterocycles. The van der Waals surface area contributed by atoms with Crippen molar-refractivity contribution in [3.8, 4) is 0 Å². The maximum Gasteiger partial charge on any atom is 0.310 e. The highest BCUT2D eigenvalue weighted by Gasteiger charge is 2.29. The summed E-state index contributed by atoms with van der Waals surface area (Å²) in [6, 6.07) is 4.85. The quantitative estimate of drug-likeness (QED) is 0.730. The molecule has 0 saturated carbocycles. The van der Waals surface area contributed by atoms with E-state index in [1.807, 2.05) is 0 Å². The maximum absolute atomic E-state index is 13.8. The average molecular weight is 386 g/mol. The molecule has 1 unspecified atom stereocenters. The van der Waals surface area contributed by atoms with Crippen LogP contribution < -0.4 is 0 Å². The van der Waals surface area contributed by atoms with E-state index in [4.69, 9.17) is 4.74 Å².